The number of anilines is 2. The molecule has 21 heavy (non-hydrogen) atoms. The van der Waals surface area contributed by atoms with E-state index in [4.69, 9.17) is 4.74 Å². The Morgan fingerprint density at radius 3 is 2.57 bits per heavy atom. The second-order valence-corrected chi connectivity index (χ2v) is 4.41. The molecule has 106 valence electrons. The second-order valence-electron chi connectivity index (χ2n) is 4.41. The molecular formula is C15H14N4O2. The van der Waals surface area contributed by atoms with Crippen LogP contribution in [0.15, 0.2) is 48.5 Å². The first-order chi connectivity index (χ1) is 10.2. The molecule has 6 nitrogen and oxygen atoms in total. The van der Waals surface area contributed by atoms with Crippen LogP contribution in [-0.2, 0) is 0 Å². The summed E-state index contributed by atoms with van der Waals surface area (Å²) in [4.78, 5) is 19.2. The Kier molecular flexibility index (Phi) is 3.42. The van der Waals surface area contributed by atoms with Crippen molar-refractivity contribution < 1.29 is 9.53 Å². The Labute approximate surface area is 121 Å². The van der Waals surface area contributed by atoms with Crippen LogP contribution in [0.1, 0.15) is 0 Å². The van der Waals surface area contributed by atoms with Crippen molar-refractivity contribution in [3.63, 3.8) is 0 Å². The van der Waals surface area contributed by atoms with Crippen LogP contribution in [0.25, 0.3) is 11.0 Å². The molecule has 3 rings (SSSR count). The molecule has 0 fully saturated rings. The molecule has 0 bridgehead atoms. The number of hydrogen-bond donors (Lipinski definition) is 3. The number of nitrogens with zero attached hydrogens (tertiary/aromatic N) is 1. The van der Waals surface area contributed by atoms with E-state index in [1.165, 1.54) is 0 Å². The van der Waals surface area contributed by atoms with Crippen LogP contribution in [0.3, 0.4) is 0 Å². The van der Waals surface area contributed by atoms with Crippen LogP contribution in [-0.4, -0.2) is 23.1 Å². The molecule has 1 aromatic heterocycles. The number of fused-ring (bicyclic) bond motifs is 1. The summed E-state index contributed by atoms with van der Waals surface area (Å²) < 4.78 is 5.06. The Morgan fingerprint density at radius 2 is 1.86 bits per heavy atom. The smallest absolute Gasteiger partial charge is 0.326 e. The number of amides is 2. The molecule has 0 aliphatic heterocycles. The number of methoxy groups -OCH3 is 1. The third-order valence-corrected chi connectivity index (χ3v) is 2.97. The predicted octanol–water partition coefficient (Wildman–Crippen LogP) is 3.22. The molecule has 6 heteroatoms. The van der Waals surface area contributed by atoms with Crippen molar-refractivity contribution in [2.24, 2.45) is 0 Å². The molecule has 2 amide bonds. The summed E-state index contributed by atoms with van der Waals surface area (Å²) >= 11 is 0. The molecule has 3 N–H and O–H groups in total. The van der Waals surface area contributed by atoms with Gasteiger partial charge in [0, 0.05) is 5.69 Å². The van der Waals surface area contributed by atoms with Gasteiger partial charge in [0.1, 0.15) is 5.75 Å². The number of urea groups is 1. The van der Waals surface area contributed by atoms with Gasteiger partial charge in [0.2, 0.25) is 5.95 Å². The predicted molar refractivity (Wildman–Crippen MR) is 81.7 cm³/mol. The maximum Gasteiger partial charge on any atom is 0.326 e. The van der Waals surface area contributed by atoms with Gasteiger partial charge in [-0.25, -0.2) is 9.78 Å². The lowest BCUT2D eigenvalue weighted by molar-refractivity contribution is 0.262. The van der Waals surface area contributed by atoms with Gasteiger partial charge in [0.25, 0.3) is 0 Å². The highest BCUT2D eigenvalue weighted by atomic mass is 16.5. The van der Waals surface area contributed by atoms with Crippen LogP contribution >= 0.6 is 0 Å². The van der Waals surface area contributed by atoms with Gasteiger partial charge in [0.15, 0.2) is 0 Å². The number of para-hydroxylation sites is 2. The maximum atomic E-state index is 11.9. The van der Waals surface area contributed by atoms with Crippen molar-refractivity contribution in [1.29, 1.82) is 0 Å². The number of ether oxygens (including phenoxy) is 1. The molecule has 0 unspecified atom stereocenters. The number of aromatic nitrogens is 2. The Morgan fingerprint density at radius 1 is 1.10 bits per heavy atom. The molecule has 0 atom stereocenters. The number of nitrogens with one attached hydrogen (secondary N) is 3. The lowest BCUT2D eigenvalue weighted by Crippen LogP contribution is -2.20. The summed E-state index contributed by atoms with van der Waals surface area (Å²) in [5, 5.41) is 5.38. The topological polar surface area (TPSA) is 79.0 Å². The van der Waals surface area contributed by atoms with Crippen LogP contribution in [0.2, 0.25) is 0 Å². The minimum absolute atomic E-state index is 0.362. The van der Waals surface area contributed by atoms with Gasteiger partial charge in [-0.15, -0.1) is 0 Å². The minimum Gasteiger partial charge on any atom is -0.497 e. The van der Waals surface area contributed by atoms with Gasteiger partial charge in [-0.1, -0.05) is 12.1 Å². The number of benzene rings is 2. The molecule has 1 heterocycles. The number of carbonyl (C=O) groups excluding carboxylic acids is 1. The van der Waals surface area contributed by atoms with E-state index in [9.17, 15) is 4.79 Å². The molecule has 0 spiro atoms. The van der Waals surface area contributed by atoms with Crippen LogP contribution in [0, 0.1) is 0 Å². The Balaban J connectivity index is 1.67. The van der Waals surface area contributed by atoms with E-state index < -0.39 is 0 Å². The SMILES string of the molecule is COc1ccc(NC(=O)Nc2nc3ccccc3[nH]2)cc1. The van der Waals surface area contributed by atoms with Gasteiger partial charge in [-0.05, 0) is 36.4 Å². The first-order valence-corrected chi connectivity index (χ1v) is 6.41. The van der Waals surface area contributed by atoms with Crippen molar-refractivity contribution in [2.75, 3.05) is 17.7 Å². The van der Waals surface area contributed by atoms with Crippen molar-refractivity contribution in [3.05, 3.63) is 48.5 Å². The highest BCUT2D eigenvalue weighted by Crippen LogP contribution is 2.16. The monoisotopic (exact) mass is 282 g/mol. The van der Waals surface area contributed by atoms with Crippen LogP contribution in [0.4, 0.5) is 16.4 Å². The lowest BCUT2D eigenvalue weighted by atomic mass is 10.3. The fourth-order valence-electron chi connectivity index (χ4n) is 1.96. The summed E-state index contributed by atoms with van der Waals surface area (Å²) in [6, 6.07) is 14.3. The second kappa shape index (κ2) is 5.54. The number of imidazole rings is 1. The molecule has 0 radical (unpaired) electrons. The van der Waals surface area contributed by atoms with Gasteiger partial charge in [-0.2, -0.15) is 0 Å². The standard InChI is InChI=1S/C15H14N4O2/c1-21-11-8-6-10(7-9-11)16-15(20)19-14-17-12-4-2-3-5-13(12)18-14/h2-9H,1H3,(H3,16,17,18,19,20). The average molecular weight is 282 g/mol. The minimum atomic E-state index is -0.362. The fraction of sp³-hybridized carbons (Fsp3) is 0.0667. The zero-order chi connectivity index (χ0) is 14.7. The lowest BCUT2D eigenvalue weighted by Gasteiger charge is -2.06. The third kappa shape index (κ3) is 2.94. The summed E-state index contributed by atoms with van der Waals surface area (Å²) in [5.74, 6) is 1.14. The summed E-state index contributed by atoms with van der Waals surface area (Å²) in [6.45, 7) is 0. The molecule has 0 aliphatic rings. The van der Waals surface area contributed by atoms with Gasteiger partial charge < -0.3 is 15.0 Å². The molecule has 0 saturated carbocycles. The van der Waals surface area contributed by atoms with Gasteiger partial charge in [0.05, 0.1) is 18.1 Å². The summed E-state index contributed by atoms with van der Waals surface area (Å²) in [6.07, 6.45) is 0. The highest BCUT2D eigenvalue weighted by Gasteiger charge is 2.06. The number of H-pyrrole nitrogens is 1. The number of aromatic amines is 1. The normalized spacial score (nSPS) is 10.3. The van der Waals surface area contributed by atoms with Crippen LogP contribution < -0.4 is 15.4 Å². The largest absolute Gasteiger partial charge is 0.497 e. The molecule has 0 saturated heterocycles. The molecule has 0 aliphatic carbocycles. The first-order valence-electron chi connectivity index (χ1n) is 6.41. The summed E-state index contributed by atoms with van der Waals surface area (Å²) in [5.41, 5.74) is 2.35. The Hall–Kier alpha value is -3.02. The van der Waals surface area contributed by atoms with Crippen molar-refractivity contribution in [2.45, 2.75) is 0 Å². The van der Waals surface area contributed by atoms with E-state index in [0.29, 0.717) is 11.6 Å². The van der Waals surface area contributed by atoms with E-state index in [0.717, 1.165) is 16.8 Å². The zero-order valence-corrected chi connectivity index (χ0v) is 11.4. The molecule has 3 aromatic rings. The van der Waals surface area contributed by atoms with E-state index in [2.05, 4.69) is 20.6 Å². The van der Waals surface area contributed by atoms with Crippen molar-refractivity contribution in [3.8, 4) is 5.75 Å². The molecular weight excluding hydrogens is 268 g/mol. The zero-order valence-electron chi connectivity index (χ0n) is 11.4. The van der Waals surface area contributed by atoms with Gasteiger partial charge in [-0.3, -0.25) is 5.32 Å². The quantitative estimate of drug-likeness (QED) is 0.690. The average Bonchev–Trinajstić information content (AvgIpc) is 2.90. The number of hydrogen-bond acceptors (Lipinski definition) is 3. The third-order valence-electron chi connectivity index (χ3n) is 2.97. The number of carbonyl (C=O) groups is 1. The van der Waals surface area contributed by atoms with Crippen molar-refractivity contribution >= 4 is 28.7 Å². The van der Waals surface area contributed by atoms with Crippen LogP contribution in [0.5, 0.6) is 5.75 Å². The van der Waals surface area contributed by atoms with E-state index in [1.54, 1.807) is 31.4 Å². The van der Waals surface area contributed by atoms with E-state index in [1.807, 2.05) is 24.3 Å². The molecule has 2 aromatic carbocycles. The number of rotatable bonds is 3. The van der Waals surface area contributed by atoms with Crippen molar-refractivity contribution in [1.82, 2.24) is 9.97 Å². The first kappa shape index (κ1) is 13.0. The maximum absolute atomic E-state index is 11.9. The highest BCUT2D eigenvalue weighted by molar-refractivity contribution is 5.99. The van der Waals surface area contributed by atoms with Gasteiger partial charge >= 0.3 is 6.03 Å². The van der Waals surface area contributed by atoms with E-state index in [-0.39, 0.29) is 6.03 Å². The summed E-state index contributed by atoms with van der Waals surface area (Å²) in [7, 11) is 1.59. The Bertz CT molecular complexity index is 732. The van der Waals surface area contributed by atoms with E-state index >= 15 is 0 Å². The fourth-order valence-corrected chi connectivity index (χ4v) is 1.96.